The highest BCUT2D eigenvalue weighted by Crippen LogP contribution is 2.33. The van der Waals surface area contributed by atoms with Crippen molar-refractivity contribution in [2.24, 2.45) is 0 Å². The van der Waals surface area contributed by atoms with Crippen molar-refractivity contribution >= 4 is 11.6 Å². The lowest BCUT2D eigenvalue weighted by Gasteiger charge is -2.33. The maximum Gasteiger partial charge on any atom is 0.221 e. The molecule has 1 aromatic rings. The monoisotopic (exact) mass is 234 g/mol. The molecule has 1 heterocycles. The Bertz CT molecular complexity index is 406. The number of amides is 1. The van der Waals surface area contributed by atoms with Crippen molar-refractivity contribution in [3.05, 3.63) is 29.8 Å². The molecule has 0 radical (unpaired) electrons. The highest BCUT2D eigenvalue weighted by atomic mass is 16.3. The van der Waals surface area contributed by atoms with Gasteiger partial charge in [0, 0.05) is 37.8 Å². The first-order valence-corrected chi connectivity index (χ1v) is 5.95. The summed E-state index contributed by atoms with van der Waals surface area (Å²) in [6.45, 7) is 1.50. The molecule has 17 heavy (non-hydrogen) atoms. The van der Waals surface area contributed by atoms with Crippen molar-refractivity contribution in [2.45, 2.75) is 18.9 Å². The van der Waals surface area contributed by atoms with Gasteiger partial charge in [0.15, 0.2) is 0 Å². The summed E-state index contributed by atoms with van der Waals surface area (Å²) >= 11 is 0. The predicted octanol–water partition coefficient (Wildman–Crippen LogP) is 1.07. The van der Waals surface area contributed by atoms with Crippen LogP contribution in [0.2, 0.25) is 0 Å². The molecular formula is C13H18N2O2. The molecular weight excluding hydrogens is 216 g/mol. The number of nitrogens with one attached hydrogen (secondary N) is 1. The second-order valence-corrected chi connectivity index (χ2v) is 4.27. The first-order valence-electron chi connectivity index (χ1n) is 5.95. The molecule has 1 aliphatic heterocycles. The van der Waals surface area contributed by atoms with Gasteiger partial charge in [-0.15, -0.1) is 0 Å². The van der Waals surface area contributed by atoms with E-state index in [-0.39, 0.29) is 12.0 Å². The van der Waals surface area contributed by atoms with Crippen LogP contribution in [0.3, 0.4) is 0 Å². The summed E-state index contributed by atoms with van der Waals surface area (Å²) in [7, 11) is 1.65. The van der Waals surface area contributed by atoms with Gasteiger partial charge in [-0.1, -0.05) is 18.2 Å². The normalized spacial score (nSPS) is 18.7. The van der Waals surface area contributed by atoms with Crippen LogP contribution in [0.1, 0.15) is 24.5 Å². The van der Waals surface area contributed by atoms with Crippen molar-refractivity contribution in [2.75, 3.05) is 25.0 Å². The molecule has 0 saturated heterocycles. The van der Waals surface area contributed by atoms with Crippen LogP contribution in [0.4, 0.5) is 5.69 Å². The Kier molecular flexibility index (Phi) is 3.64. The van der Waals surface area contributed by atoms with Gasteiger partial charge in [0.1, 0.15) is 0 Å². The molecule has 1 aliphatic rings. The predicted molar refractivity (Wildman–Crippen MR) is 66.9 cm³/mol. The average Bonchev–Trinajstić information content (AvgIpc) is 2.38. The molecule has 2 N–H and O–H groups in total. The quantitative estimate of drug-likeness (QED) is 0.822. The van der Waals surface area contributed by atoms with Crippen molar-refractivity contribution in [3.63, 3.8) is 0 Å². The summed E-state index contributed by atoms with van der Waals surface area (Å²) in [6, 6.07) is 7.85. The summed E-state index contributed by atoms with van der Waals surface area (Å²) in [6.07, 6.45) is 0.841. The summed E-state index contributed by atoms with van der Waals surface area (Å²) in [5.74, 6) is 0.0496. The number of hydrogen-bond donors (Lipinski definition) is 2. The summed E-state index contributed by atoms with van der Waals surface area (Å²) < 4.78 is 0. The highest BCUT2D eigenvalue weighted by molar-refractivity contribution is 5.76. The number of aliphatic hydroxyl groups is 1. The van der Waals surface area contributed by atoms with Gasteiger partial charge in [0.25, 0.3) is 0 Å². The molecule has 1 atom stereocenters. The molecule has 0 fully saturated rings. The second kappa shape index (κ2) is 5.19. The molecule has 0 aliphatic carbocycles. The van der Waals surface area contributed by atoms with E-state index in [0.29, 0.717) is 13.0 Å². The van der Waals surface area contributed by atoms with Crippen LogP contribution in [-0.4, -0.2) is 31.2 Å². The Balaban J connectivity index is 2.10. The Morgan fingerprint density at radius 3 is 3.06 bits per heavy atom. The number of hydrogen-bond acceptors (Lipinski definition) is 3. The highest BCUT2D eigenvalue weighted by Gasteiger charge is 2.22. The van der Waals surface area contributed by atoms with E-state index in [1.54, 1.807) is 7.05 Å². The van der Waals surface area contributed by atoms with Crippen LogP contribution in [0.25, 0.3) is 0 Å². The Morgan fingerprint density at radius 2 is 2.29 bits per heavy atom. The Morgan fingerprint density at radius 1 is 1.53 bits per heavy atom. The average molecular weight is 234 g/mol. The molecule has 1 aromatic carbocycles. The number of carbonyl (C=O) groups excluding carboxylic acids is 1. The van der Waals surface area contributed by atoms with Gasteiger partial charge in [-0.3, -0.25) is 4.79 Å². The van der Waals surface area contributed by atoms with Crippen molar-refractivity contribution < 1.29 is 9.90 Å². The Labute approximate surface area is 101 Å². The second-order valence-electron chi connectivity index (χ2n) is 4.27. The largest absolute Gasteiger partial charge is 0.388 e. The third-order valence-corrected chi connectivity index (χ3v) is 3.20. The lowest BCUT2D eigenvalue weighted by atomic mass is 9.99. The number of anilines is 1. The third-order valence-electron chi connectivity index (χ3n) is 3.20. The molecule has 92 valence electrons. The minimum Gasteiger partial charge on any atom is -0.388 e. The van der Waals surface area contributed by atoms with Crippen molar-refractivity contribution in [1.82, 2.24) is 5.32 Å². The number of carbonyl (C=O) groups is 1. The summed E-state index contributed by atoms with van der Waals surface area (Å²) in [5.41, 5.74) is 2.02. The maximum atomic E-state index is 11.2. The molecule has 1 unspecified atom stereocenters. The van der Waals surface area contributed by atoms with E-state index in [1.807, 2.05) is 24.3 Å². The SMILES string of the molecule is CNC(=O)CCN1CCC(O)c2ccccc21. The van der Waals surface area contributed by atoms with Crippen LogP contribution >= 0.6 is 0 Å². The number of rotatable bonds is 3. The lowest BCUT2D eigenvalue weighted by molar-refractivity contribution is -0.120. The topological polar surface area (TPSA) is 52.6 Å². The molecule has 0 aromatic heterocycles. The maximum absolute atomic E-state index is 11.2. The van der Waals surface area contributed by atoms with Gasteiger partial charge < -0.3 is 15.3 Å². The molecule has 0 spiro atoms. The van der Waals surface area contributed by atoms with Gasteiger partial charge >= 0.3 is 0 Å². The molecule has 0 bridgehead atoms. The van der Waals surface area contributed by atoms with Gasteiger partial charge in [-0.2, -0.15) is 0 Å². The van der Waals surface area contributed by atoms with E-state index in [0.717, 1.165) is 24.2 Å². The third kappa shape index (κ3) is 2.58. The van der Waals surface area contributed by atoms with Gasteiger partial charge in [-0.25, -0.2) is 0 Å². The molecule has 4 heteroatoms. The minimum absolute atomic E-state index is 0.0496. The number of aliphatic hydroxyl groups excluding tert-OH is 1. The molecule has 2 rings (SSSR count). The fourth-order valence-electron chi connectivity index (χ4n) is 2.21. The van der Waals surface area contributed by atoms with Crippen molar-refractivity contribution in [1.29, 1.82) is 0 Å². The van der Waals surface area contributed by atoms with Crippen LogP contribution < -0.4 is 10.2 Å². The van der Waals surface area contributed by atoms with E-state index < -0.39 is 0 Å². The number of benzene rings is 1. The van der Waals surface area contributed by atoms with Gasteiger partial charge in [0.2, 0.25) is 5.91 Å². The fraction of sp³-hybridized carbons (Fsp3) is 0.462. The summed E-state index contributed by atoms with van der Waals surface area (Å²) in [5, 5.41) is 12.5. The first kappa shape index (κ1) is 11.9. The number of para-hydroxylation sites is 1. The van der Waals surface area contributed by atoms with E-state index in [2.05, 4.69) is 10.2 Å². The van der Waals surface area contributed by atoms with Crippen LogP contribution in [0, 0.1) is 0 Å². The molecule has 1 amide bonds. The van der Waals surface area contributed by atoms with Crippen LogP contribution in [0.15, 0.2) is 24.3 Å². The van der Waals surface area contributed by atoms with Gasteiger partial charge in [-0.05, 0) is 12.5 Å². The fourth-order valence-corrected chi connectivity index (χ4v) is 2.21. The summed E-state index contributed by atoms with van der Waals surface area (Å²) in [4.78, 5) is 13.4. The lowest BCUT2D eigenvalue weighted by Crippen LogP contribution is -2.34. The van der Waals surface area contributed by atoms with Crippen molar-refractivity contribution in [3.8, 4) is 0 Å². The molecule has 4 nitrogen and oxygen atoms in total. The molecule has 0 saturated carbocycles. The van der Waals surface area contributed by atoms with Crippen LogP contribution in [0.5, 0.6) is 0 Å². The van der Waals surface area contributed by atoms with Gasteiger partial charge in [0.05, 0.1) is 6.10 Å². The Hall–Kier alpha value is -1.55. The zero-order valence-electron chi connectivity index (χ0n) is 10.0. The van der Waals surface area contributed by atoms with E-state index in [4.69, 9.17) is 0 Å². The zero-order chi connectivity index (χ0) is 12.3. The van der Waals surface area contributed by atoms with E-state index in [9.17, 15) is 9.90 Å². The van der Waals surface area contributed by atoms with E-state index in [1.165, 1.54) is 0 Å². The standard InChI is InChI=1S/C13H18N2O2/c1-14-13(17)7-9-15-8-6-12(16)10-4-2-3-5-11(10)15/h2-5,12,16H,6-9H2,1H3,(H,14,17). The first-order chi connectivity index (χ1) is 8.22. The smallest absolute Gasteiger partial charge is 0.221 e. The number of nitrogens with zero attached hydrogens (tertiary/aromatic N) is 1. The zero-order valence-corrected chi connectivity index (χ0v) is 10.0. The number of fused-ring (bicyclic) bond motifs is 1. The van der Waals surface area contributed by atoms with Crippen LogP contribution in [-0.2, 0) is 4.79 Å². The van der Waals surface area contributed by atoms with E-state index >= 15 is 0 Å². The minimum atomic E-state index is -0.373.